The minimum absolute atomic E-state index is 0.0938. The van der Waals surface area contributed by atoms with E-state index >= 15 is 0 Å². The molecule has 0 bridgehead atoms. The fourth-order valence-corrected chi connectivity index (χ4v) is 3.14. The molecule has 0 saturated carbocycles. The molecule has 2 amide bonds. The largest absolute Gasteiger partial charge is 0.439 e. The summed E-state index contributed by atoms with van der Waals surface area (Å²) >= 11 is 0. The van der Waals surface area contributed by atoms with E-state index in [1.165, 1.54) is 4.90 Å². The maximum atomic E-state index is 12.9. The minimum Gasteiger partial charge on any atom is -0.439 e. The van der Waals surface area contributed by atoms with Crippen molar-refractivity contribution >= 4 is 12.0 Å². The topological polar surface area (TPSA) is 46.6 Å². The van der Waals surface area contributed by atoms with E-state index in [0.717, 1.165) is 24.8 Å². The van der Waals surface area contributed by atoms with Gasteiger partial charge in [0.2, 0.25) is 5.91 Å². The maximum Gasteiger partial charge on any atom is 0.417 e. The van der Waals surface area contributed by atoms with E-state index in [9.17, 15) is 9.59 Å². The highest BCUT2D eigenvalue weighted by Gasteiger charge is 2.44. The molecule has 4 nitrogen and oxygen atoms in total. The van der Waals surface area contributed by atoms with E-state index in [1.807, 2.05) is 44.2 Å². The predicted molar refractivity (Wildman–Crippen MR) is 89.8 cm³/mol. The summed E-state index contributed by atoms with van der Waals surface area (Å²) in [7, 11) is 0. The molecule has 1 aliphatic rings. The fraction of sp³-hybridized carbons (Fsp3) is 0.579. The number of nitrogens with zero attached hydrogens (tertiary/aromatic N) is 1. The van der Waals surface area contributed by atoms with Gasteiger partial charge in [-0.25, -0.2) is 9.69 Å². The third-order valence-corrected chi connectivity index (χ3v) is 4.86. The van der Waals surface area contributed by atoms with Crippen molar-refractivity contribution in [3.05, 3.63) is 35.9 Å². The standard InChI is InChI=1S/C19H27NO3/c1-5-13(3)12-15(6-2)18(21)20-14(4)17(23-19(20)22)16-10-8-7-9-11-16/h7-11,13-15,17H,5-6,12H2,1-4H3/t13-,14+,15+,17+/m0/s1. The Labute approximate surface area is 138 Å². The van der Waals surface area contributed by atoms with E-state index < -0.39 is 6.09 Å². The molecule has 0 aliphatic carbocycles. The molecule has 1 aromatic carbocycles. The first-order valence-corrected chi connectivity index (χ1v) is 8.58. The van der Waals surface area contributed by atoms with E-state index in [-0.39, 0.29) is 24.0 Å². The van der Waals surface area contributed by atoms with Crippen LogP contribution < -0.4 is 0 Å². The lowest BCUT2D eigenvalue weighted by Gasteiger charge is -2.25. The summed E-state index contributed by atoms with van der Waals surface area (Å²) in [5, 5.41) is 0. The van der Waals surface area contributed by atoms with Crippen molar-refractivity contribution in [3.63, 3.8) is 0 Å². The Balaban J connectivity index is 2.15. The lowest BCUT2D eigenvalue weighted by atomic mass is 9.90. The number of cyclic esters (lactones) is 1. The van der Waals surface area contributed by atoms with Crippen molar-refractivity contribution in [2.24, 2.45) is 11.8 Å². The van der Waals surface area contributed by atoms with Crippen LogP contribution in [0.2, 0.25) is 0 Å². The molecule has 1 aromatic rings. The Hall–Kier alpha value is -1.84. The van der Waals surface area contributed by atoms with E-state index in [4.69, 9.17) is 4.74 Å². The number of imide groups is 1. The molecular weight excluding hydrogens is 290 g/mol. The Morgan fingerprint density at radius 3 is 2.43 bits per heavy atom. The Bertz CT molecular complexity index is 543. The van der Waals surface area contributed by atoms with Crippen LogP contribution in [0.5, 0.6) is 0 Å². The van der Waals surface area contributed by atoms with E-state index in [0.29, 0.717) is 5.92 Å². The predicted octanol–water partition coefficient (Wildman–Crippen LogP) is 4.56. The van der Waals surface area contributed by atoms with Crippen LogP contribution in [0.25, 0.3) is 0 Å². The monoisotopic (exact) mass is 317 g/mol. The molecule has 23 heavy (non-hydrogen) atoms. The van der Waals surface area contributed by atoms with Crippen LogP contribution in [0.15, 0.2) is 30.3 Å². The lowest BCUT2D eigenvalue weighted by molar-refractivity contribution is -0.134. The lowest BCUT2D eigenvalue weighted by Crippen LogP contribution is -2.42. The smallest absolute Gasteiger partial charge is 0.417 e. The number of hydrogen-bond acceptors (Lipinski definition) is 3. The van der Waals surface area contributed by atoms with Gasteiger partial charge in [-0.05, 0) is 31.2 Å². The van der Waals surface area contributed by atoms with Crippen LogP contribution in [-0.4, -0.2) is 22.9 Å². The summed E-state index contributed by atoms with van der Waals surface area (Å²) in [4.78, 5) is 26.4. The van der Waals surface area contributed by atoms with Gasteiger partial charge in [-0.2, -0.15) is 0 Å². The third-order valence-electron chi connectivity index (χ3n) is 4.86. The van der Waals surface area contributed by atoms with E-state index in [2.05, 4.69) is 13.8 Å². The second kappa shape index (κ2) is 7.62. The molecule has 4 atom stereocenters. The molecule has 2 rings (SSSR count). The molecule has 0 N–H and O–H groups in total. The summed E-state index contributed by atoms with van der Waals surface area (Å²) in [6, 6.07) is 9.34. The molecule has 0 aromatic heterocycles. The first kappa shape index (κ1) is 17.5. The first-order chi connectivity index (χ1) is 11.0. The summed E-state index contributed by atoms with van der Waals surface area (Å²) in [6.45, 7) is 8.16. The van der Waals surface area contributed by atoms with Gasteiger partial charge in [0.15, 0.2) is 0 Å². The maximum absolute atomic E-state index is 12.9. The SMILES string of the molecule is CC[C@H](C)C[C@@H](CC)C(=O)N1C(=O)O[C@@H](c2ccccc2)[C@H]1C. The summed E-state index contributed by atoms with van der Waals surface area (Å²) in [5.41, 5.74) is 0.929. The second-order valence-electron chi connectivity index (χ2n) is 6.52. The normalized spacial score (nSPS) is 23.5. The highest BCUT2D eigenvalue weighted by atomic mass is 16.6. The Morgan fingerprint density at radius 1 is 1.22 bits per heavy atom. The van der Waals surface area contributed by atoms with Crippen LogP contribution in [0, 0.1) is 11.8 Å². The molecular formula is C19H27NO3. The number of ether oxygens (including phenoxy) is 1. The van der Waals surface area contributed by atoms with Gasteiger partial charge < -0.3 is 4.74 Å². The van der Waals surface area contributed by atoms with Crippen molar-refractivity contribution in [2.75, 3.05) is 0 Å². The first-order valence-electron chi connectivity index (χ1n) is 8.58. The van der Waals surface area contributed by atoms with E-state index in [1.54, 1.807) is 0 Å². The third kappa shape index (κ3) is 3.74. The van der Waals surface area contributed by atoms with Gasteiger partial charge >= 0.3 is 6.09 Å². The van der Waals surface area contributed by atoms with Crippen molar-refractivity contribution in [1.29, 1.82) is 0 Å². The molecule has 0 spiro atoms. The molecule has 0 radical (unpaired) electrons. The van der Waals surface area contributed by atoms with Gasteiger partial charge in [-0.3, -0.25) is 4.79 Å². The van der Waals surface area contributed by atoms with Crippen LogP contribution in [0.1, 0.15) is 58.6 Å². The molecule has 1 heterocycles. The average molecular weight is 317 g/mol. The van der Waals surface area contributed by atoms with Crippen LogP contribution >= 0.6 is 0 Å². The van der Waals surface area contributed by atoms with Crippen molar-refractivity contribution in [2.45, 2.75) is 59.1 Å². The zero-order valence-electron chi connectivity index (χ0n) is 14.5. The highest BCUT2D eigenvalue weighted by molar-refractivity contribution is 5.95. The second-order valence-corrected chi connectivity index (χ2v) is 6.52. The van der Waals surface area contributed by atoms with Crippen LogP contribution in [0.4, 0.5) is 4.79 Å². The van der Waals surface area contributed by atoms with Crippen LogP contribution in [-0.2, 0) is 9.53 Å². The molecule has 1 saturated heterocycles. The minimum atomic E-state index is -0.515. The summed E-state index contributed by atoms with van der Waals surface area (Å²) < 4.78 is 5.49. The molecule has 0 unspecified atom stereocenters. The van der Waals surface area contributed by atoms with Gasteiger partial charge in [-0.1, -0.05) is 57.5 Å². The highest BCUT2D eigenvalue weighted by Crippen LogP contribution is 2.34. The molecule has 1 aliphatic heterocycles. The van der Waals surface area contributed by atoms with Gasteiger partial charge in [0, 0.05) is 5.92 Å². The zero-order chi connectivity index (χ0) is 17.0. The number of carbonyl (C=O) groups excluding carboxylic acids is 2. The zero-order valence-corrected chi connectivity index (χ0v) is 14.5. The van der Waals surface area contributed by atoms with Gasteiger partial charge in [-0.15, -0.1) is 0 Å². The quantitative estimate of drug-likeness (QED) is 0.773. The number of amides is 2. The summed E-state index contributed by atoms with van der Waals surface area (Å²) in [6.07, 6.45) is 1.71. The van der Waals surface area contributed by atoms with Gasteiger partial charge in [0.25, 0.3) is 0 Å². The van der Waals surface area contributed by atoms with Crippen molar-refractivity contribution in [3.8, 4) is 0 Å². The molecule has 126 valence electrons. The molecule has 4 heteroatoms. The Morgan fingerprint density at radius 2 is 1.87 bits per heavy atom. The molecule has 1 fully saturated rings. The average Bonchev–Trinajstić information content (AvgIpc) is 2.87. The van der Waals surface area contributed by atoms with Gasteiger partial charge in [0.1, 0.15) is 6.10 Å². The number of hydrogen-bond donors (Lipinski definition) is 0. The van der Waals surface area contributed by atoms with Crippen molar-refractivity contribution in [1.82, 2.24) is 4.90 Å². The number of carbonyl (C=O) groups is 2. The van der Waals surface area contributed by atoms with Crippen molar-refractivity contribution < 1.29 is 14.3 Å². The van der Waals surface area contributed by atoms with Gasteiger partial charge in [0.05, 0.1) is 6.04 Å². The Kier molecular flexibility index (Phi) is 5.80. The summed E-state index contributed by atoms with van der Waals surface area (Å²) in [5.74, 6) is 0.265. The van der Waals surface area contributed by atoms with Crippen LogP contribution in [0.3, 0.4) is 0 Å². The fourth-order valence-electron chi connectivity index (χ4n) is 3.14. The number of rotatable bonds is 6. The number of benzene rings is 1.